The summed E-state index contributed by atoms with van der Waals surface area (Å²) in [6.07, 6.45) is 2.57. The van der Waals surface area contributed by atoms with Crippen LogP contribution in [-0.4, -0.2) is 29.9 Å². The van der Waals surface area contributed by atoms with Gasteiger partial charge in [0.15, 0.2) is 0 Å². The van der Waals surface area contributed by atoms with E-state index in [1.807, 2.05) is 6.92 Å². The lowest BCUT2D eigenvalue weighted by atomic mass is 9.95. The van der Waals surface area contributed by atoms with E-state index < -0.39 is 0 Å². The first kappa shape index (κ1) is 17.2. The molecule has 1 fully saturated rings. The van der Waals surface area contributed by atoms with Gasteiger partial charge in [-0.3, -0.25) is 9.69 Å². The third kappa shape index (κ3) is 4.43. The Morgan fingerprint density at radius 3 is 2.73 bits per heavy atom. The fourth-order valence-electron chi connectivity index (χ4n) is 2.72. The molecule has 22 heavy (non-hydrogen) atoms. The molecule has 5 heteroatoms. The minimum atomic E-state index is -0.260. The number of hydrogen-bond donors (Lipinski definition) is 1. The first-order valence-corrected chi connectivity index (χ1v) is 8.34. The molecule has 1 amide bonds. The molecule has 1 aromatic carbocycles. The molecule has 1 heterocycles. The number of likely N-dealkylation sites (tertiary alicyclic amines) is 1. The average molecular weight is 327 g/mol. The third-order valence-electron chi connectivity index (χ3n) is 4.40. The van der Waals surface area contributed by atoms with Crippen LogP contribution in [0, 0.1) is 11.7 Å². The van der Waals surface area contributed by atoms with E-state index in [9.17, 15) is 9.18 Å². The molecule has 0 unspecified atom stereocenters. The minimum Gasteiger partial charge on any atom is -0.353 e. The van der Waals surface area contributed by atoms with Crippen LogP contribution >= 0.6 is 11.6 Å². The van der Waals surface area contributed by atoms with Gasteiger partial charge in [0.05, 0.1) is 0 Å². The molecule has 1 aliphatic rings. The molecule has 1 atom stereocenters. The van der Waals surface area contributed by atoms with E-state index in [1.54, 1.807) is 12.1 Å². The van der Waals surface area contributed by atoms with Crippen molar-refractivity contribution in [1.82, 2.24) is 10.2 Å². The van der Waals surface area contributed by atoms with Crippen molar-refractivity contribution in [3.63, 3.8) is 0 Å². The van der Waals surface area contributed by atoms with Gasteiger partial charge in [0.1, 0.15) is 5.82 Å². The summed E-state index contributed by atoms with van der Waals surface area (Å²) < 4.78 is 13.8. The van der Waals surface area contributed by atoms with E-state index in [-0.39, 0.29) is 23.7 Å². The van der Waals surface area contributed by atoms with Gasteiger partial charge in [0, 0.05) is 29.1 Å². The number of carbonyl (C=O) groups excluding carboxylic acids is 1. The Kier molecular flexibility index (Phi) is 6.21. The van der Waals surface area contributed by atoms with Crippen LogP contribution in [0.2, 0.25) is 5.02 Å². The fourth-order valence-corrected chi connectivity index (χ4v) is 2.95. The summed E-state index contributed by atoms with van der Waals surface area (Å²) in [5.41, 5.74) is 0.548. The van der Waals surface area contributed by atoms with E-state index in [0.717, 1.165) is 32.4 Å². The first-order valence-electron chi connectivity index (χ1n) is 7.96. The minimum absolute atomic E-state index is 0.0707. The highest BCUT2D eigenvalue weighted by Crippen LogP contribution is 2.24. The van der Waals surface area contributed by atoms with Gasteiger partial charge in [0.25, 0.3) is 0 Å². The van der Waals surface area contributed by atoms with Crippen molar-refractivity contribution in [1.29, 1.82) is 0 Å². The van der Waals surface area contributed by atoms with Gasteiger partial charge in [-0.15, -0.1) is 0 Å². The Labute approximate surface area is 136 Å². The summed E-state index contributed by atoms with van der Waals surface area (Å²) in [7, 11) is 0. The maximum atomic E-state index is 13.8. The molecule has 122 valence electrons. The number of amides is 1. The molecular weight excluding hydrogens is 303 g/mol. The molecule has 1 aliphatic heterocycles. The van der Waals surface area contributed by atoms with Crippen molar-refractivity contribution in [2.24, 2.45) is 5.92 Å². The van der Waals surface area contributed by atoms with Crippen LogP contribution in [0.15, 0.2) is 18.2 Å². The third-order valence-corrected chi connectivity index (χ3v) is 4.76. The number of carbonyl (C=O) groups is 1. The zero-order valence-electron chi connectivity index (χ0n) is 13.2. The zero-order chi connectivity index (χ0) is 16.1. The van der Waals surface area contributed by atoms with Gasteiger partial charge in [-0.1, -0.05) is 24.6 Å². The number of halogens is 2. The predicted molar refractivity (Wildman–Crippen MR) is 87.3 cm³/mol. The van der Waals surface area contributed by atoms with Crippen LogP contribution in [-0.2, 0) is 11.3 Å². The van der Waals surface area contributed by atoms with E-state index in [4.69, 9.17) is 11.6 Å². The molecule has 0 spiro atoms. The fraction of sp³-hybridized carbons (Fsp3) is 0.588. The highest BCUT2D eigenvalue weighted by Gasteiger charge is 2.26. The molecule has 1 N–H and O–H groups in total. The number of rotatable bonds is 5. The maximum Gasteiger partial charge on any atom is 0.223 e. The molecule has 0 radical (unpaired) electrons. The Bertz CT molecular complexity index is 495. The highest BCUT2D eigenvalue weighted by atomic mass is 35.5. The Morgan fingerprint density at radius 1 is 1.45 bits per heavy atom. The second-order valence-electron chi connectivity index (χ2n) is 6.07. The van der Waals surface area contributed by atoms with Crippen molar-refractivity contribution >= 4 is 17.5 Å². The number of nitrogens with one attached hydrogen (secondary N) is 1. The van der Waals surface area contributed by atoms with E-state index in [2.05, 4.69) is 17.1 Å². The van der Waals surface area contributed by atoms with Crippen LogP contribution in [0.5, 0.6) is 0 Å². The highest BCUT2D eigenvalue weighted by molar-refractivity contribution is 6.31. The lowest BCUT2D eigenvalue weighted by molar-refractivity contribution is -0.127. The van der Waals surface area contributed by atoms with Gasteiger partial charge in [0.2, 0.25) is 5.91 Å². The zero-order valence-corrected chi connectivity index (χ0v) is 14.0. The largest absolute Gasteiger partial charge is 0.353 e. The molecule has 0 bridgehead atoms. The predicted octanol–water partition coefficient (Wildman–Crippen LogP) is 3.61. The van der Waals surface area contributed by atoms with Crippen molar-refractivity contribution in [3.05, 3.63) is 34.6 Å². The second-order valence-corrected chi connectivity index (χ2v) is 6.48. The van der Waals surface area contributed by atoms with Crippen LogP contribution in [0.25, 0.3) is 0 Å². The number of nitrogens with zero attached hydrogens (tertiary/aromatic N) is 1. The van der Waals surface area contributed by atoms with Gasteiger partial charge >= 0.3 is 0 Å². The Morgan fingerprint density at radius 2 is 2.14 bits per heavy atom. The molecule has 0 saturated carbocycles. The SMILES string of the molecule is CC[C@H](C)NC(=O)C1CCN(Cc2c(F)cccc2Cl)CC1. The summed E-state index contributed by atoms with van der Waals surface area (Å²) >= 11 is 6.07. The Balaban J connectivity index is 1.86. The van der Waals surface area contributed by atoms with Crippen molar-refractivity contribution in [3.8, 4) is 0 Å². The van der Waals surface area contributed by atoms with E-state index in [1.165, 1.54) is 6.07 Å². The topological polar surface area (TPSA) is 32.3 Å². The summed E-state index contributed by atoms with van der Waals surface area (Å²) in [6.45, 7) is 6.18. The molecule has 0 aromatic heterocycles. The Hall–Kier alpha value is -1.13. The summed E-state index contributed by atoms with van der Waals surface area (Å²) in [6, 6.07) is 5.00. The first-order chi connectivity index (χ1) is 10.5. The van der Waals surface area contributed by atoms with E-state index >= 15 is 0 Å². The average Bonchev–Trinajstić information content (AvgIpc) is 2.51. The quantitative estimate of drug-likeness (QED) is 0.896. The summed E-state index contributed by atoms with van der Waals surface area (Å²) in [5, 5.41) is 3.51. The van der Waals surface area contributed by atoms with Crippen LogP contribution in [0.4, 0.5) is 4.39 Å². The molecule has 2 rings (SSSR count). The molecule has 3 nitrogen and oxygen atoms in total. The van der Waals surface area contributed by atoms with E-state index in [0.29, 0.717) is 17.1 Å². The monoisotopic (exact) mass is 326 g/mol. The van der Waals surface area contributed by atoms with Crippen LogP contribution in [0.3, 0.4) is 0 Å². The van der Waals surface area contributed by atoms with Crippen LogP contribution in [0.1, 0.15) is 38.7 Å². The molecular formula is C17H24ClFN2O. The smallest absolute Gasteiger partial charge is 0.223 e. The number of piperidine rings is 1. The second kappa shape index (κ2) is 7.93. The van der Waals surface area contributed by atoms with Gasteiger partial charge in [-0.2, -0.15) is 0 Å². The van der Waals surface area contributed by atoms with Crippen molar-refractivity contribution < 1.29 is 9.18 Å². The molecule has 1 saturated heterocycles. The van der Waals surface area contributed by atoms with Crippen molar-refractivity contribution in [2.75, 3.05) is 13.1 Å². The van der Waals surface area contributed by atoms with Gasteiger partial charge < -0.3 is 5.32 Å². The number of hydrogen-bond acceptors (Lipinski definition) is 2. The van der Waals surface area contributed by atoms with Crippen molar-refractivity contribution in [2.45, 2.75) is 45.7 Å². The standard InChI is InChI=1S/C17H24ClFN2O/c1-3-12(2)20-17(22)13-7-9-21(10-8-13)11-14-15(18)5-4-6-16(14)19/h4-6,12-13H,3,7-11H2,1-2H3,(H,20,22)/t12-/m0/s1. The van der Waals surface area contributed by atoms with Gasteiger partial charge in [-0.25, -0.2) is 4.39 Å². The number of benzene rings is 1. The molecule has 1 aromatic rings. The summed E-state index contributed by atoms with van der Waals surface area (Å²) in [5.74, 6) is -0.0385. The van der Waals surface area contributed by atoms with Gasteiger partial charge in [-0.05, 0) is 51.4 Å². The lowest BCUT2D eigenvalue weighted by Crippen LogP contribution is -2.42. The van der Waals surface area contributed by atoms with Crippen LogP contribution < -0.4 is 5.32 Å². The normalized spacial score (nSPS) is 18.2. The maximum absolute atomic E-state index is 13.8. The summed E-state index contributed by atoms with van der Waals surface area (Å²) in [4.78, 5) is 14.3. The molecule has 0 aliphatic carbocycles. The lowest BCUT2D eigenvalue weighted by Gasteiger charge is -2.32.